The van der Waals surface area contributed by atoms with Gasteiger partial charge in [-0.15, -0.1) is 0 Å². The molecule has 0 saturated carbocycles. The van der Waals surface area contributed by atoms with Gasteiger partial charge < -0.3 is 9.84 Å². The summed E-state index contributed by atoms with van der Waals surface area (Å²) in [7, 11) is 1.57. The highest BCUT2D eigenvalue weighted by Crippen LogP contribution is 2.27. The van der Waals surface area contributed by atoms with E-state index < -0.39 is 0 Å². The van der Waals surface area contributed by atoms with E-state index in [4.69, 9.17) is 4.74 Å². The third-order valence-corrected chi connectivity index (χ3v) is 3.46. The summed E-state index contributed by atoms with van der Waals surface area (Å²) in [6, 6.07) is 5.69. The predicted octanol–water partition coefficient (Wildman–Crippen LogP) is 4.55. The van der Waals surface area contributed by atoms with Crippen LogP contribution in [0.2, 0.25) is 0 Å². The zero-order chi connectivity index (χ0) is 13.4. The van der Waals surface area contributed by atoms with Crippen LogP contribution in [0.25, 0.3) is 0 Å². The fourth-order valence-corrected chi connectivity index (χ4v) is 2.24. The quantitative estimate of drug-likeness (QED) is 0.733. The molecule has 0 fully saturated rings. The molecule has 0 aliphatic rings. The molecule has 1 aromatic rings. The van der Waals surface area contributed by atoms with Gasteiger partial charge in [0.15, 0.2) is 11.5 Å². The first kappa shape index (κ1) is 14.9. The van der Waals surface area contributed by atoms with Crippen LogP contribution in [0.1, 0.15) is 51.5 Å². The Hall–Kier alpha value is -1.18. The number of hydrogen-bond acceptors (Lipinski definition) is 2. The first-order valence-corrected chi connectivity index (χ1v) is 7.03. The summed E-state index contributed by atoms with van der Waals surface area (Å²) < 4.78 is 5.04. The van der Waals surface area contributed by atoms with Crippen molar-refractivity contribution in [3.05, 3.63) is 23.8 Å². The second-order valence-electron chi connectivity index (χ2n) is 5.15. The minimum absolute atomic E-state index is 0.244. The molecule has 1 atom stereocenters. The van der Waals surface area contributed by atoms with Crippen LogP contribution in [-0.4, -0.2) is 12.2 Å². The van der Waals surface area contributed by atoms with E-state index in [1.165, 1.54) is 37.7 Å². The number of hydrogen-bond donors (Lipinski definition) is 1. The van der Waals surface area contributed by atoms with Gasteiger partial charge >= 0.3 is 0 Å². The normalized spacial score (nSPS) is 12.4. The van der Waals surface area contributed by atoms with Crippen molar-refractivity contribution in [2.45, 2.75) is 52.4 Å². The van der Waals surface area contributed by atoms with Crippen molar-refractivity contribution in [1.29, 1.82) is 0 Å². The predicted molar refractivity (Wildman–Crippen MR) is 76.3 cm³/mol. The van der Waals surface area contributed by atoms with Crippen LogP contribution >= 0.6 is 0 Å². The molecule has 0 heterocycles. The fraction of sp³-hybridized carbons (Fsp3) is 0.625. The summed E-state index contributed by atoms with van der Waals surface area (Å²) >= 11 is 0. The molecule has 2 nitrogen and oxygen atoms in total. The topological polar surface area (TPSA) is 29.5 Å². The van der Waals surface area contributed by atoms with Crippen molar-refractivity contribution in [3.8, 4) is 11.5 Å². The minimum atomic E-state index is 0.244. The molecule has 0 bridgehead atoms. The molecule has 0 saturated heterocycles. The Labute approximate surface area is 111 Å². The standard InChI is InChI=1S/C16H26O2/c1-4-5-7-13(2)8-6-9-14-10-11-16(18-3)15(17)12-14/h10-13,17H,4-9H2,1-3H3. The summed E-state index contributed by atoms with van der Waals surface area (Å²) in [6.45, 7) is 4.58. The monoisotopic (exact) mass is 250 g/mol. The van der Waals surface area contributed by atoms with Crippen molar-refractivity contribution >= 4 is 0 Å². The molecule has 1 N–H and O–H groups in total. The summed E-state index contributed by atoms with van der Waals surface area (Å²) in [5.74, 6) is 1.61. The van der Waals surface area contributed by atoms with Crippen molar-refractivity contribution in [2.24, 2.45) is 5.92 Å². The average Bonchev–Trinajstić information content (AvgIpc) is 2.36. The maximum atomic E-state index is 9.69. The van der Waals surface area contributed by atoms with Gasteiger partial charge in [0.1, 0.15) is 0 Å². The third-order valence-electron chi connectivity index (χ3n) is 3.46. The molecule has 1 unspecified atom stereocenters. The zero-order valence-corrected chi connectivity index (χ0v) is 11.9. The third kappa shape index (κ3) is 4.99. The summed E-state index contributed by atoms with van der Waals surface area (Å²) in [5.41, 5.74) is 1.19. The number of aromatic hydroxyl groups is 1. The Balaban J connectivity index is 2.33. The van der Waals surface area contributed by atoms with E-state index in [1.807, 2.05) is 18.2 Å². The zero-order valence-electron chi connectivity index (χ0n) is 11.9. The summed E-state index contributed by atoms with van der Waals surface area (Å²) in [5, 5.41) is 9.69. The smallest absolute Gasteiger partial charge is 0.160 e. The lowest BCUT2D eigenvalue weighted by Crippen LogP contribution is -1.96. The lowest BCUT2D eigenvalue weighted by atomic mass is 9.96. The van der Waals surface area contributed by atoms with E-state index in [-0.39, 0.29) is 5.75 Å². The number of phenolic OH excluding ortho intramolecular Hbond substituents is 1. The van der Waals surface area contributed by atoms with Gasteiger partial charge in [-0.1, -0.05) is 45.6 Å². The highest BCUT2D eigenvalue weighted by molar-refractivity contribution is 5.41. The number of phenols is 1. The van der Waals surface area contributed by atoms with E-state index in [0.717, 1.165) is 12.3 Å². The molecule has 102 valence electrons. The number of aryl methyl sites for hydroxylation is 1. The van der Waals surface area contributed by atoms with Gasteiger partial charge in [-0.25, -0.2) is 0 Å². The van der Waals surface area contributed by atoms with Crippen LogP contribution < -0.4 is 4.74 Å². The molecule has 1 aromatic carbocycles. The molecule has 0 aromatic heterocycles. The second-order valence-corrected chi connectivity index (χ2v) is 5.15. The first-order chi connectivity index (χ1) is 8.67. The largest absolute Gasteiger partial charge is 0.504 e. The van der Waals surface area contributed by atoms with Crippen molar-refractivity contribution < 1.29 is 9.84 Å². The van der Waals surface area contributed by atoms with Gasteiger partial charge in [0, 0.05) is 0 Å². The van der Waals surface area contributed by atoms with Crippen LogP contribution in [0.5, 0.6) is 11.5 Å². The molecular weight excluding hydrogens is 224 g/mol. The van der Waals surface area contributed by atoms with E-state index in [9.17, 15) is 5.11 Å². The van der Waals surface area contributed by atoms with Gasteiger partial charge in [-0.3, -0.25) is 0 Å². The maximum Gasteiger partial charge on any atom is 0.160 e. The van der Waals surface area contributed by atoms with Crippen LogP contribution in [-0.2, 0) is 6.42 Å². The van der Waals surface area contributed by atoms with Gasteiger partial charge in [-0.2, -0.15) is 0 Å². The Morgan fingerprint density at radius 3 is 2.56 bits per heavy atom. The molecular formula is C16H26O2. The van der Waals surface area contributed by atoms with E-state index in [1.54, 1.807) is 7.11 Å². The van der Waals surface area contributed by atoms with Gasteiger partial charge in [0.05, 0.1) is 7.11 Å². The van der Waals surface area contributed by atoms with Crippen LogP contribution in [0.3, 0.4) is 0 Å². The molecule has 0 aliphatic heterocycles. The van der Waals surface area contributed by atoms with Crippen molar-refractivity contribution in [3.63, 3.8) is 0 Å². The molecule has 1 rings (SSSR count). The van der Waals surface area contributed by atoms with E-state index in [2.05, 4.69) is 13.8 Å². The number of ether oxygens (including phenoxy) is 1. The van der Waals surface area contributed by atoms with E-state index >= 15 is 0 Å². The van der Waals surface area contributed by atoms with Gasteiger partial charge in [0.2, 0.25) is 0 Å². The molecule has 18 heavy (non-hydrogen) atoms. The molecule has 0 radical (unpaired) electrons. The minimum Gasteiger partial charge on any atom is -0.504 e. The van der Waals surface area contributed by atoms with E-state index in [0.29, 0.717) is 5.75 Å². The Morgan fingerprint density at radius 2 is 1.94 bits per heavy atom. The Bertz CT molecular complexity index is 347. The summed E-state index contributed by atoms with van der Waals surface area (Å²) in [6.07, 6.45) is 7.46. The van der Waals surface area contributed by atoms with Crippen LogP contribution in [0, 0.1) is 5.92 Å². The lowest BCUT2D eigenvalue weighted by molar-refractivity contribution is 0.373. The number of unbranched alkanes of at least 4 members (excludes halogenated alkanes) is 1. The number of rotatable bonds is 8. The fourth-order valence-electron chi connectivity index (χ4n) is 2.24. The number of benzene rings is 1. The van der Waals surface area contributed by atoms with Crippen LogP contribution in [0.4, 0.5) is 0 Å². The SMILES string of the molecule is CCCCC(C)CCCc1ccc(OC)c(O)c1. The molecule has 0 aliphatic carbocycles. The summed E-state index contributed by atoms with van der Waals surface area (Å²) in [4.78, 5) is 0. The lowest BCUT2D eigenvalue weighted by Gasteiger charge is -2.11. The molecule has 2 heteroatoms. The Morgan fingerprint density at radius 1 is 1.22 bits per heavy atom. The highest BCUT2D eigenvalue weighted by atomic mass is 16.5. The van der Waals surface area contributed by atoms with Gasteiger partial charge in [-0.05, 0) is 36.5 Å². The van der Waals surface area contributed by atoms with Crippen molar-refractivity contribution in [2.75, 3.05) is 7.11 Å². The highest BCUT2D eigenvalue weighted by Gasteiger charge is 2.04. The van der Waals surface area contributed by atoms with Crippen molar-refractivity contribution in [1.82, 2.24) is 0 Å². The Kier molecular flexibility index (Phi) is 6.63. The van der Waals surface area contributed by atoms with Gasteiger partial charge in [0.25, 0.3) is 0 Å². The van der Waals surface area contributed by atoms with Crippen LogP contribution in [0.15, 0.2) is 18.2 Å². The first-order valence-electron chi connectivity index (χ1n) is 7.03. The molecule has 0 spiro atoms. The molecule has 0 amide bonds. The number of methoxy groups -OCH3 is 1. The second kappa shape index (κ2) is 8.02. The average molecular weight is 250 g/mol. The maximum absolute atomic E-state index is 9.69.